The number of benzene rings is 1. The second-order valence-electron chi connectivity index (χ2n) is 6.23. The first-order chi connectivity index (χ1) is 12.3. The Morgan fingerprint density at radius 1 is 1.24 bits per heavy atom. The molecule has 0 amide bonds. The summed E-state index contributed by atoms with van der Waals surface area (Å²) in [6, 6.07) is 10.0. The summed E-state index contributed by atoms with van der Waals surface area (Å²) in [5.74, 6) is 0.879. The zero-order valence-electron chi connectivity index (χ0n) is 14.1. The third-order valence-electron chi connectivity index (χ3n) is 4.67. The van der Waals surface area contributed by atoms with E-state index in [2.05, 4.69) is 37.8 Å². The fourth-order valence-corrected chi connectivity index (χ4v) is 3.68. The van der Waals surface area contributed by atoms with E-state index in [1.165, 1.54) is 5.69 Å². The number of aryl methyl sites for hydroxylation is 1. The molecule has 1 N–H and O–H groups in total. The molecular formula is C19H20ClN5. The first-order valence-electron chi connectivity index (χ1n) is 8.57. The van der Waals surface area contributed by atoms with E-state index in [4.69, 9.17) is 11.6 Å². The van der Waals surface area contributed by atoms with Gasteiger partial charge in [0.25, 0.3) is 0 Å². The van der Waals surface area contributed by atoms with Crippen molar-refractivity contribution in [3.63, 3.8) is 0 Å². The topological polar surface area (TPSA) is 57.7 Å². The van der Waals surface area contributed by atoms with Gasteiger partial charge in [0.15, 0.2) is 0 Å². The number of hydrogen-bond acceptors (Lipinski definition) is 4. The molecule has 4 rings (SSSR count). The number of H-pyrrole nitrogens is 1. The zero-order valence-corrected chi connectivity index (χ0v) is 14.9. The maximum Gasteiger partial charge on any atom is 0.128 e. The van der Waals surface area contributed by atoms with Crippen LogP contribution in [0.4, 0.5) is 0 Å². The van der Waals surface area contributed by atoms with Crippen LogP contribution in [0.5, 0.6) is 0 Å². The van der Waals surface area contributed by atoms with Crippen molar-refractivity contribution in [2.75, 3.05) is 6.54 Å². The van der Waals surface area contributed by atoms with Crippen LogP contribution in [0.25, 0.3) is 0 Å². The van der Waals surface area contributed by atoms with E-state index < -0.39 is 0 Å². The van der Waals surface area contributed by atoms with Crippen LogP contribution in [0.1, 0.15) is 41.4 Å². The number of imidazole rings is 1. The second-order valence-corrected chi connectivity index (χ2v) is 6.64. The number of aromatic nitrogens is 4. The van der Waals surface area contributed by atoms with Crippen LogP contribution in [0.15, 0.2) is 42.9 Å². The van der Waals surface area contributed by atoms with Gasteiger partial charge in [0.1, 0.15) is 5.82 Å². The summed E-state index contributed by atoms with van der Waals surface area (Å²) >= 11 is 6.52. The van der Waals surface area contributed by atoms with E-state index in [1.807, 2.05) is 30.5 Å². The second kappa shape index (κ2) is 6.94. The molecule has 0 bridgehead atoms. The van der Waals surface area contributed by atoms with E-state index in [0.29, 0.717) is 0 Å². The Balaban J connectivity index is 1.72. The predicted octanol–water partition coefficient (Wildman–Crippen LogP) is 3.56. The Labute approximate surface area is 152 Å². The zero-order chi connectivity index (χ0) is 17.2. The minimum absolute atomic E-state index is 0.0312. The first-order valence-corrected chi connectivity index (χ1v) is 8.95. The maximum absolute atomic E-state index is 6.52. The molecule has 6 heteroatoms. The molecule has 1 atom stereocenters. The van der Waals surface area contributed by atoms with Gasteiger partial charge in [0.05, 0.1) is 23.8 Å². The van der Waals surface area contributed by atoms with Crippen LogP contribution >= 0.6 is 11.6 Å². The van der Waals surface area contributed by atoms with Gasteiger partial charge in [0.2, 0.25) is 0 Å². The molecule has 2 aromatic heterocycles. The van der Waals surface area contributed by atoms with Gasteiger partial charge in [-0.1, -0.05) is 36.7 Å². The minimum atomic E-state index is 0.0312. The van der Waals surface area contributed by atoms with Crippen LogP contribution in [0.2, 0.25) is 5.02 Å². The molecular weight excluding hydrogens is 334 g/mol. The molecule has 0 saturated heterocycles. The lowest BCUT2D eigenvalue weighted by atomic mass is 9.95. The maximum atomic E-state index is 6.52. The summed E-state index contributed by atoms with van der Waals surface area (Å²) in [5.41, 5.74) is 4.37. The summed E-state index contributed by atoms with van der Waals surface area (Å²) in [7, 11) is 0. The lowest BCUT2D eigenvalue weighted by Crippen LogP contribution is -2.36. The number of hydrogen-bond donors (Lipinski definition) is 1. The van der Waals surface area contributed by atoms with Crippen molar-refractivity contribution in [2.24, 2.45) is 0 Å². The number of fused-ring (bicyclic) bond motifs is 1. The molecule has 5 nitrogen and oxygen atoms in total. The van der Waals surface area contributed by atoms with Crippen LogP contribution in [-0.4, -0.2) is 31.4 Å². The number of nitrogens with zero attached hydrogens (tertiary/aromatic N) is 4. The highest BCUT2D eigenvalue weighted by Gasteiger charge is 2.32. The monoisotopic (exact) mass is 353 g/mol. The summed E-state index contributed by atoms with van der Waals surface area (Å²) in [4.78, 5) is 19.2. The highest BCUT2D eigenvalue weighted by atomic mass is 35.5. The van der Waals surface area contributed by atoms with E-state index in [9.17, 15) is 0 Å². The van der Waals surface area contributed by atoms with Crippen LogP contribution in [0.3, 0.4) is 0 Å². The molecule has 0 aliphatic carbocycles. The molecule has 1 unspecified atom stereocenters. The predicted molar refractivity (Wildman–Crippen MR) is 97.4 cm³/mol. The summed E-state index contributed by atoms with van der Waals surface area (Å²) in [6.07, 6.45) is 5.40. The van der Waals surface area contributed by atoms with E-state index in [1.54, 1.807) is 6.33 Å². The molecule has 0 fully saturated rings. The molecule has 0 saturated carbocycles. The van der Waals surface area contributed by atoms with Crippen molar-refractivity contribution in [3.05, 3.63) is 76.3 Å². The van der Waals surface area contributed by atoms with Crippen LogP contribution in [-0.2, 0) is 19.4 Å². The molecule has 1 aromatic carbocycles. The molecule has 128 valence electrons. The van der Waals surface area contributed by atoms with Gasteiger partial charge in [-0.05, 0) is 17.7 Å². The highest BCUT2D eigenvalue weighted by Crippen LogP contribution is 2.37. The molecule has 0 spiro atoms. The molecule has 0 radical (unpaired) electrons. The largest absolute Gasteiger partial charge is 0.348 e. The summed E-state index contributed by atoms with van der Waals surface area (Å²) in [6.45, 7) is 3.75. The van der Waals surface area contributed by atoms with Crippen molar-refractivity contribution >= 4 is 11.6 Å². The van der Waals surface area contributed by atoms with Gasteiger partial charge in [-0.25, -0.2) is 15.0 Å². The quantitative estimate of drug-likeness (QED) is 0.779. The van der Waals surface area contributed by atoms with Gasteiger partial charge in [-0.2, -0.15) is 0 Å². The Morgan fingerprint density at radius 3 is 2.96 bits per heavy atom. The molecule has 25 heavy (non-hydrogen) atoms. The lowest BCUT2D eigenvalue weighted by molar-refractivity contribution is 0.198. The molecule has 3 aromatic rings. The lowest BCUT2D eigenvalue weighted by Gasteiger charge is -2.35. The van der Waals surface area contributed by atoms with Gasteiger partial charge >= 0.3 is 0 Å². The van der Waals surface area contributed by atoms with Gasteiger partial charge in [-0.3, -0.25) is 4.90 Å². The first kappa shape index (κ1) is 16.2. The van der Waals surface area contributed by atoms with E-state index >= 15 is 0 Å². The minimum Gasteiger partial charge on any atom is -0.348 e. The van der Waals surface area contributed by atoms with Gasteiger partial charge < -0.3 is 4.98 Å². The highest BCUT2D eigenvalue weighted by molar-refractivity contribution is 6.31. The summed E-state index contributed by atoms with van der Waals surface area (Å²) < 4.78 is 0. The third kappa shape index (κ3) is 3.17. The number of halogens is 1. The Morgan fingerprint density at radius 2 is 2.12 bits per heavy atom. The van der Waals surface area contributed by atoms with Crippen molar-refractivity contribution in [1.29, 1.82) is 0 Å². The Kier molecular flexibility index (Phi) is 4.51. The molecule has 1 aliphatic rings. The normalized spacial score (nSPS) is 17.4. The fourth-order valence-electron chi connectivity index (χ4n) is 3.44. The molecule has 3 heterocycles. The van der Waals surface area contributed by atoms with Gasteiger partial charge in [-0.15, -0.1) is 0 Å². The SMILES string of the molecule is CCc1nccc(CN2CCc3[nH]cnc3C2c2ccccc2Cl)n1. The molecule has 1 aliphatic heterocycles. The third-order valence-corrected chi connectivity index (χ3v) is 5.01. The van der Waals surface area contributed by atoms with Crippen LogP contribution < -0.4 is 0 Å². The van der Waals surface area contributed by atoms with Crippen molar-refractivity contribution in [2.45, 2.75) is 32.4 Å². The van der Waals surface area contributed by atoms with Crippen molar-refractivity contribution in [1.82, 2.24) is 24.8 Å². The van der Waals surface area contributed by atoms with Gasteiger partial charge in [0, 0.05) is 42.8 Å². The van der Waals surface area contributed by atoms with Crippen LogP contribution in [0, 0.1) is 0 Å². The van der Waals surface area contributed by atoms with Crippen molar-refractivity contribution < 1.29 is 0 Å². The fraction of sp³-hybridized carbons (Fsp3) is 0.316. The van der Waals surface area contributed by atoms with Crippen molar-refractivity contribution in [3.8, 4) is 0 Å². The average Bonchev–Trinajstić information content (AvgIpc) is 3.11. The number of nitrogens with one attached hydrogen (secondary N) is 1. The standard InChI is InChI=1S/C19H20ClN5/c1-2-17-21-9-7-13(24-17)11-25-10-8-16-18(23-12-22-16)19(25)14-5-3-4-6-15(14)20/h3-7,9,12,19H,2,8,10-11H2,1H3,(H,22,23). The number of aromatic amines is 1. The van der Waals surface area contributed by atoms with E-state index in [0.717, 1.165) is 53.7 Å². The van der Waals surface area contributed by atoms with E-state index in [-0.39, 0.29) is 6.04 Å². The smallest absolute Gasteiger partial charge is 0.128 e. The summed E-state index contributed by atoms with van der Waals surface area (Å²) in [5, 5.41) is 0.769. The average molecular weight is 354 g/mol. The Bertz CT molecular complexity index is 876. The Hall–Kier alpha value is -2.24. The number of rotatable bonds is 4.